The zero-order valence-electron chi connectivity index (χ0n) is 12.9. The summed E-state index contributed by atoms with van der Waals surface area (Å²) >= 11 is 0. The van der Waals surface area contributed by atoms with Gasteiger partial charge in [-0.25, -0.2) is 9.97 Å². The molecule has 2 N–H and O–H groups in total. The third kappa shape index (κ3) is 5.99. The van der Waals surface area contributed by atoms with Crippen LogP contribution in [0.4, 0.5) is 5.82 Å². The lowest BCUT2D eigenvalue weighted by molar-refractivity contribution is 0.0932. The number of hydrogen-bond donors (Lipinski definition) is 2. The van der Waals surface area contributed by atoms with Crippen LogP contribution in [-0.2, 0) is 0 Å². The quantitative estimate of drug-likeness (QED) is 0.767. The molecule has 0 fully saturated rings. The lowest BCUT2D eigenvalue weighted by Gasteiger charge is -2.14. The second-order valence-corrected chi connectivity index (χ2v) is 5.52. The molecule has 0 aliphatic rings. The van der Waals surface area contributed by atoms with Crippen LogP contribution in [-0.4, -0.2) is 28.5 Å². The minimum absolute atomic E-state index is 0.155. The fraction of sp³-hybridized carbons (Fsp3) is 0.667. The molecule has 0 aliphatic carbocycles. The van der Waals surface area contributed by atoms with Gasteiger partial charge in [0.2, 0.25) is 0 Å². The van der Waals surface area contributed by atoms with Crippen molar-refractivity contribution in [3.63, 3.8) is 0 Å². The smallest absolute Gasteiger partial charge is 0.271 e. The lowest BCUT2D eigenvalue weighted by atomic mass is 10.0. The van der Waals surface area contributed by atoms with E-state index in [2.05, 4.69) is 34.4 Å². The van der Waals surface area contributed by atoms with Gasteiger partial charge in [-0.3, -0.25) is 4.79 Å². The molecule has 0 aromatic carbocycles. The van der Waals surface area contributed by atoms with Gasteiger partial charge in [0, 0.05) is 12.6 Å². The monoisotopic (exact) mass is 278 g/mol. The van der Waals surface area contributed by atoms with Gasteiger partial charge in [-0.2, -0.15) is 0 Å². The Morgan fingerprint density at radius 1 is 1.20 bits per heavy atom. The van der Waals surface area contributed by atoms with Gasteiger partial charge >= 0.3 is 0 Å². The zero-order chi connectivity index (χ0) is 15.0. The molecule has 1 aromatic rings. The molecule has 0 radical (unpaired) electrons. The largest absolute Gasteiger partial charge is 0.369 e. The molecule has 5 nitrogen and oxygen atoms in total. The Labute approximate surface area is 121 Å². The van der Waals surface area contributed by atoms with Crippen LogP contribution in [0.1, 0.15) is 57.4 Å². The van der Waals surface area contributed by atoms with Crippen molar-refractivity contribution in [2.24, 2.45) is 5.92 Å². The molecule has 0 spiro atoms. The van der Waals surface area contributed by atoms with Crippen LogP contribution in [0.5, 0.6) is 0 Å². The first-order chi connectivity index (χ1) is 9.52. The maximum Gasteiger partial charge on any atom is 0.271 e. The van der Waals surface area contributed by atoms with Gasteiger partial charge in [0.25, 0.3) is 5.91 Å². The third-order valence-corrected chi connectivity index (χ3v) is 3.04. The van der Waals surface area contributed by atoms with Crippen molar-refractivity contribution in [2.45, 2.75) is 53.0 Å². The Hall–Kier alpha value is -1.65. The van der Waals surface area contributed by atoms with Crippen LogP contribution in [0.3, 0.4) is 0 Å². The van der Waals surface area contributed by atoms with E-state index in [1.165, 1.54) is 12.6 Å². The highest BCUT2D eigenvalue weighted by Gasteiger charge is 2.11. The Morgan fingerprint density at radius 2 is 1.95 bits per heavy atom. The maximum atomic E-state index is 12.0. The van der Waals surface area contributed by atoms with Gasteiger partial charge in [-0.05, 0) is 26.2 Å². The average Bonchev–Trinajstić information content (AvgIpc) is 2.39. The van der Waals surface area contributed by atoms with E-state index < -0.39 is 0 Å². The number of anilines is 1. The second-order valence-electron chi connectivity index (χ2n) is 5.52. The van der Waals surface area contributed by atoms with Crippen LogP contribution >= 0.6 is 0 Å². The van der Waals surface area contributed by atoms with Gasteiger partial charge in [-0.15, -0.1) is 0 Å². The number of carbonyl (C=O) groups is 1. The van der Waals surface area contributed by atoms with Crippen LogP contribution < -0.4 is 10.6 Å². The third-order valence-electron chi connectivity index (χ3n) is 3.04. The highest BCUT2D eigenvalue weighted by molar-refractivity contribution is 5.92. The zero-order valence-corrected chi connectivity index (χ0v) is 12.9. The SMILES string of the molecule is CCNc1cnc(C(=O)NC(C)CCCC(C)C)cn1. The normalized spacial score (nSPS) is 12.2. The van der Waals surface area contributed by atoms with E-state index in [0.717, 1.165) is 19.4 Å². The number of hydrogen-bond acceptors (Lipinski definition) is 4. The van der Waals surface area contributed by atoms with Crippen molar-refractivity contribution < 1.29 is 4.79 Å². The van der Waals surface area contributed by atoms with E-state index in [-0.39, 0.29) is 11.9 Å². The number of rotatable bonds is 8. The minimum atomic E-state index is -0.155. The van der Waals surface area contributed by atoms with E-state index in [1.807, 2.05) is 13.8 Å². The Balaban J connectivity index is 2.41. The van der Waals surface area contributed by atoms with E-state index in [4.69, 9.17) is 0 Å². The predicted molar refractivity (Wildman–Crippen MR) is 81.8 cm³/mol. The van der Waals surface area contributed by atoms with Gasteiger partial charge < -0.3 is 10.6 Å². The fourth-order valence-corrected chi connectivity index (χ4v) is 1.92. The summed E-state index contributed by atoms with van der Waals surface area (Å²) in [5, 5.41) is 6.01. The molecule has 0 saturated carbocycles. The summed E-state index contributed by atoms with van der Waals surface area (Å²) in [6, 6.07) is 0.163. The maximum absolute atomic E-state index is 12.0. The molecule has 1 rings (SSSR count). The molecule has 5 heteroatoms. The van der Waals surface area contributed by atoms with E-state index >= 15 is 0 Å². The summed E-state index contributed by atoms with van der Waals surface area (Å²) in [6.45, 7) is 9.22. The second kappa shape index (κ2) is 8.51. The molecular formula is C15H26N4O. The average molecular weight is 278 g/mol. The first kappa shape index (κ1) is 16.4. The molecule has 0 aliphatic heterocycles. The Kier molecular flexibility index (Phi) is 6.98. The van der Waals surface area contributed by atoms with E-state index in [9.17, 15) is 4.79 Å². The van der Waals surface area contributed by atoms with Crippen LogP contribution in [0.2, 0.25) is 0 Å². The predicted octanol–water partition coefficient (Wildman–Crippen LogP) is 2.85. The molecule has 1 aromatic heterocycles. The van der Waals surface area contributed by atoms with Crippen molar-refractivity contribution in [3.05, 3.63) is 18.1 Å². The molecule has 1 atom stereocenters. The lowest BCUT2D eigenvalue weighted by Crippen LogP contribution is -2.33. The summed E-state index contributed by atoms with van der Waals surface area (Å²) in [4.78, 5) is 20.3. The van der Waals surface area contributed by atoms with Crippen molar-refractivity contribution in [1.29, 1.82) is 0 Å². The number of amides is 1. The van der Waals surface area contributed by atoms with E-state index in [0.29, 0.717) is 17.4 Å². The van der Waals surface area contributed by atoms with Crippen LogP contribution in [0.15, 0.2) is 12.4 Å². The Morgan fingerprint density at radius 3 is 2.50 bits per heavy atom. The summed E-state index contributed by atoms with van der Waals surface area (Å²) in [7, 11) is 0. The molecule has 0 bridgehead atoms. The molecule has 20 heavy (non-hydrogen) atoms. The molecule has 1 heterocycles. The highest BCUT2D eigenvalue weighted by Crippen LogP contribution is 2.08. The van der Waals surface area contributed by atoms with Crippen molar-refractivity contribution in [1.82, 2.24) is 15.3 Å². The number of aromatic nitrogens is 2. The highest BCUT2D eigenvalue weighted by atomic mass is 16.1. The first-order valence-electron chi connectivity index (χ1n) is 7.39. The molecule has 1 unspecified atom stereocenters. The van der Waals surface area contributed by atoms with Crippen molar-refractivity contribution in [2.75, 3.05) is 11.9 Å². The first-order valence-corrected chi connectivity index (χ1v) is 7.39. The van der Waals surface area contributed by atoms with Gasteiger partial charge in [0.05, 0.1) is 12.4 Å². The molecule has 1 amide bonds. The van der Waals surface area contributed by atoms with Crippen molar-refractivity contribution in [3.8, 4) is 0 Å². The standard InChI is InChI=1S/C15H26N4O/c1-5-16-14-10-17-13(9-18-14)15(20)19-12(4)8-6-7-11(2)3/h9-12H,5-8H2,1-4H3,(H,16,18)(H,19,20). The van der Waals surface area contributed by atoms with Crippen LogP contribution in [0, 0.1) is 5.92 Å². The van der Waals surface area contributed by atoms with E-state index in [1.54, 1.807) is 6.20 Å². The van der Waals surface area contributed by atoms with Gasteiger partial charge in [0.1, 0.15) is 11.5 Å². The summed E-state index contributed by atoms with van der Waals surface area (Å²) < 4.78 is 0. The molecule has 0 saturated heterocycles. The summed E-state index contributed by atoms with van der Waals surface area (Å²) in [6.07, 6.45) is 6.41. The fourth-order valence-electron chi connectivity index (χ4n) is 1.92. The van der Waals surface area contributed by atoms with Crippen LogP contribution in [0.25, 0.3) is 0 Å². The molecular weight excluding hydrogens is 252 g/mol. The minimum Gasteiger partial charge on any atom is -0.369 e. The van der Waals surface area contributed by atoms with Crippen molar-refractivity contribution >= 4 is 11.7 Å². The Bertz CT molecular complexity index is 403. The molecule has 112 valence electrons. The topological polar surface area (TPSA) is 66.9 Å². The summed E-state index contributed by atoms with van der Waals surface area (Å²) in [5.74, 6) is 1.24. The number of nitrogens with zero attached hydrogens (tertiary/aromatic N) is 2. The van der Waals surface area contributed by atoms with Gasteiger partial charge in [-0.1, -0.05) is 26.7 Å². The van der Waals surface area contributed by atoms with Gasteiger partial charge in [0.15, 0.2) is 0 Å². The number of carbonyl (C=O) groups excluding carboxylic acids is 1. The number of nitrogens with one attached hydrogen (secondary N) is 2. The summed E-state index contributed by atoms with van der Waals surface area (Å²) in [5.41, 5.74) is 0.363.